The van der Waals surface area contributed by atoms with Gasteiger partial charge in [-0.3, -0.25) is 9.69 Å². The first kappa shape index (κ1) is 15.0. The van der Waals surface area contributed by atoms with Crippen LogP contribution in [0.25, 0.3) is 0 Å². The molecule has 0 aromatic carbocycles. The van der Waals surface area contributed by atoms with Crippen LogP contribution in [-0.4, -0.2) is 48.6 Å². The largest absolute Gasteiger partial charge is 0.353 e. The lowest BCUT2D eigenvalue weighted by atomic mass is 9.89. The Morgan fingerprint density at radius 3 is 2.48 bits per heavy atom. The second kappa shape index (κ2) is 6.93. The molecular weight excluding hydrogens is 262 g/mol. The maximum Gasteiger partial charge on any atom is 0.220 e. The number of likely N-dealkylation sites (tertiary alicyclic amines) is 1. The third-order valence-electron chi connectivity index (χ3n) is 5.38. The molecule has 0 radical (unpaired) electrons. The fourth-order valence-electron chi connectivity index (χ4n) is 4.33. The smallest absolute Gasteiger partial charge is 0.220 e. The summed E-state index contributed by atoms with van der Waals surface area (Å²) in [6, 6.07) is 1.75. The minimum atomic E-state index is 0.281. The maximum absolute atomic E-state index is 12.3. The quantitative estimate of drug-likeness (QED) is 0.758. The lowest BCUT2D eigenvalue weighted by molar-refractivity contribution is -0.123. The van der Waals surface area contributed by atoms with E-state index in [1.807, 2.05) is 6.08 Å². The monoisotopic (exact) mass is 291 g/mol. The van der Waals surface area contributed by atoms with Crippen LogP contribution in [0.15, 0.2) is 12.7 Å². The molecule has 0 aromatic heterocycles. The molecule has 0 saturated carbocycles. The van der Waals surface area contributed by atoms with Crippen LogP contribution in [0.3, 0.4) is 0 Å². The van der Waals surface area contributed by atoms with E-state index >= 15 is 0 Å². The van der Waals surface area contributed by atoms with Gasteiger partial charge in [0.2, 0.25) is 5.91 Å². The van der Waals surface area contributed by atoms with Crippen molar-refractivity contribution in [2.75, 3.05) is 19.6 Å². The van der Waals surface area contributed by atoms with Gasteiger partial charge in [-0.1, -0.05) is 6.08 Å². The molecule has 2 bridgehead atoms. The van der Waals surface area contributed by atoms with Gasteiger partial charge in [-0.05, 0) is 44.4 Å². The molecule has 3 rings (SSSR count). The van der Waals surface area contributed by atoms with E-state index in [1.54, 1.807) is 0 Å². The highest BCUT2D eigenvalue weighted by Gasteiger charge is 2.34. The Kier molecular flexibility index (Phi) is 4.96. The van der Waals surface area contributed by atoms with E-state index in [-0.39, 0.29) is 5.91 Å². The number of carbonyl (C=O) groups excluding carboxylic acids is 1. The summed E-state index contributed by atoms with van der Waals surface area (Å²) in [4.78, 5) is 14.7. The predicted octanol–water partition coefficient (Wildman–Crippen LogP) is 1.67. The number of nitrogens with zero attached hydrogens (tertiary/aromatic N) is 1. The van der Waals surface area contributed by atoms with Gasteiger partial charge in [0.25, 0.3) is 0 Å². The van der Waals surface area contributed by atoms with Gasteiger partial charge >= 0.3 is 0 Å². The molecule has 3 heterocycles. The van der Waals surface area contributed by atoms with Gasteiger partial charge < -0.3 is 10.6 Å². The zero-order valence-corrected chi connectivity index (χ0v) is 13.0. The average Bonchev–Trinajstić information content (AvgIpc) is 2.80. The Hall–Kier alpha value is -0.870. The first-order chi connectivity index (χ1) is 10.2. The first-order valence-corrected chi connectivity index (χ1v) is 8.61. The van der Waals surface area contributed by atoms with E-state index in [0.29, 0.717) is 24.0 Å². The van der Waals surface area contributed by atoms with Gasteiger partial charge in [0, 0.05) is 44.2 Å². The maximum atomic E-state index is 12.3. The van der Waals surface area contributed by atoms with Crippen LogP contribution in [0.2, 0.25) is 0 Å². The molecule has 3 saturated heterocycles. The number of fused-ring (bicyclic) bond motifs is 2. The van der Waals surface area contributed by atoms with Crippen molar-refractivity contribution in [3.05, 3.63) is 12.7 Å². The molecule has 21 heavy (non-hydrogen) atoms. The number of hydrogen-bond donors (Lipinski definition) is 2. The fraction of sp³-hybridized carbons (Fsp3) is 0.824. The van der Waals surface area contributed by atoms with Crippen LogP contribution in [0.1, 0.15) is 44.9 Å². The molecule has 4 heteroatoms. The van der Waals surface area contributed by atoms with E-state index in [2.05, 4.69) is 22.1 Å². The van der Waals surface area contributed by atoms with Gasteiger partial charge in [0.1, 0.15) is 0 Å². The van der Waals surface area contributed by atoms with Crippen LogP contribution in [0.5, 0.6) is 0 Å². The zero-order chi connectivity index (χ0) is 14.7. The minimum Gasteiger partial charge on any atom is -0.353 e. The third kappa shape index (κ3) is 4.07. The highest BCUT2D eigenvalue weighted by atomic mass is 16.1. The molecule has 0 aliphatic carbocycles. The number of carbonyl (C=O) groups is 1. The lowest BCUT2D eigenvalue weighted by Crippen LogP contribution is -2.45. The molecule has 3 aliphatic heterocycles. The van der Waals surface area contributed by atoms with Gasteiger partial charge in [-0.15, -0.1) is 6.58 Å². The summed E-state index contributed by atoms with van der Waals surface area (Å²) in [5, 5.41) is 6.91. The minimum absolute atomic E-state index is 0.281. The van der Waals surface area contributed by atoms with Gasteiger partial charge in [-0.25, -0.2) is 0 Å². The predicted molar refractivity (Wildman–Crippen MR) is 85.1 cm³/mol. The standard InChI is InChI=1S/C17H29N3O/c1-2-7-20-8-5-14(6-9-20)19-17(21)12-13-10-15-3-4-16(11-13)18-15/h2,13-16,18H,1,3-12H2,(H,19,21). The Labute approximate surface area is 128 Å². The van der Waals surface area contributed by atoms with E-state index in [9.17, 15) is 4.79 Å². The van der Waals surface area contributed by atoms with Crippen molar-refractivity contribution in [1.82, 2.24) is 15.5 Å². The fourth-order valence-corrected chi connectivity index (χ4v) is 4.33. The second-order valence-electron chi connectivity index (χ2n) is 7.11. The summed E-state index contributed by atoms with van der Waals surface area (Å²) in [7, 11) is 0. The van der Waals surface area contributed by atoms with Crippen LogP contribution in [-0.2, 0) is 4.79 Å². The van der Waals surface area contributed by atoms with Crippen molar-refractivity contribution in [2.24, 2.45) is 5.92 Å². The van der Waals surface area contributed by atoms with Crippen molar-refractivity contribution in [2.45, 2.75) is 63.1 Å². The Balaban J connectivity index is 1.38. The van der Waals surface area contributed by atoms with Crippen LogP contribution >= 0.6 is 0 Å². The van der Waals surface area contributed by atoms with Crippen molar-refractivity contribution in [3.63, 3.8) is 0 Å². The van der Waals surface area contributed by atoms with Crippen molar-refractivity contribution < 1.29 is 4.79 Å². The normalized spacial score (nSPS) is 33.8. The Morgan fingerprint density at radius 1 is 1.19 bits per heavy atom. The zero-order valence-electron chi connectivity index (χ0n) is 13.0. The molecule has 3 fully saturated rings. The Morgan fingerprint density at radius 2 is 1.86 bits per heavy atom. The third-order valence-corrected chi connectivity index (χ3v) is 5.38. The summed E-state index contributed by atoms with van der Waals surface area (Å²) in [6.07, 6.45) is 9.87. The molecule has 3 aliphatic rings. The summed E-state index contributed by atoms with van der Waals surface area (Å²) in [6.45, 7) is 6.91. The molecule has 2 N–H and O–H groups in total. The molecule has 0 spiro atoms. The summed E-state index contributed by atoms with van der Waals surface area (Å²) in [5.41, 5.74) is 0. The average molecular weight is 291 g/mol. The summed E-state index contributed by atoms with van der Waals surface area (Å²) < 4.78 is 0. The molecule has 4 nitrogen and oxygen atoms in total. The molecule has 0 aromatic rings. The number of hydrogen-bond acceptors (Lipinski definition) is 3. The van der Waals surface area contributed by atoms with E-state index in [1.165, 1.54) is 25.7 Å². The van der Waals surface area contributed by atoms with E-state index in [4.69, 9.17) is 0 Å². The molecule has 2 atom stereocenters. The Bertz CT molecular complexity index is 364. The number of nitrogens with one attached hydrogen (secondary N) is 2. The summed E-state index contributed by atoms with van der Waals surface area (Å²) in [5.74, 6) is 0.882. The van der Waals surface area contributed by atoms with Crippen LogP contribution in [0, 0.1) is 5.92 Å². The lowest BCUT2D eigenvalue weighted by Gasteiger charge is -2.32. The number of piperidine rings is 2. The van der Waals surface area contributed by atoms with Gasteiger partial charge in [-0.2, -0.15) is 0 Å². The van der Waals surface area contributed by atoms with Crippen molar-refractivity contribution in [1.29, 1.82) is 0 Å². The van der Waals surface area contributed by atoms with E-state index < -0.39 is 0 Å². The van der Waals surface area contributed by atoms with Crippen LogP contribution < -0.4 is 10.6 Å². The molecule has 2 unspecified atom stereocenters. The molecule has 1 amide bonds. The van der Waals surface area contributed by atoms with Crippen LogP contribution in [0.4, 0.5) is 0 Å². The van der Waals surface area contributed by atoms with Gasteiger partial charge in [0.05, 0.1) is 0 Å². The summed E-state index contributed by atoms with van der Waals surface area (Å²) >= 11 is 0. The van der Waals surface area contributed by atoms with Gasteiger partial charge in [0.15, 0.2) is 0 Å². The van der Waals surface area contributed by atoms with Crippen molar-refractivity contribution in [3.8, 4) is 0 Å². The SMILES string of the molecule is C=CCN1CCC(NC(=O)CC2CC3CCC(C2)N3)CC1. The molecule has 118 valence electrons. The molecular formula is C17H29N3O. The number of rotatable bonds is 5. The van der Waals surface area contributed by atoms with Crippen molar-refractivity contribution >= 4 is 5.91 Å². The highest BCUT2D eigenvalue weighted by Crippen LogP contribution is 2.32. The highest BCUT2D eigenvalue weighted by molar-refractivity contribution is 5.76. The number of amides is 1. The first-order valence-electron chi connectivity index (χ1n) is 8.61. The topological polar surface area (TPSA) is 44.4 Å². The second-order valence-corrected chi connectivity index (χ2v) is 7.11. The van der Waals surface area contributed by atoms with E-state index in [0.717, 1.165) is 38.9 Å².